The zero-order valence-electron chi connectivity index (χ0n) is 30.9. The van der Waals surface area contributed by atoms with Gasteiger partial charge in [-0.25, -0.2) is 9.98 Å². The third-order valence-electron chi connectivity index (χ3n) is 12.0. The van der Waals surface area contributed by atoms with E-state index in [0.717, 1.165) is 63.8 Å². The highest BCUT2D eigenvalue weighted by Crippen LogP contribution is 2.62. The molecule has 2 aliphatic carbocycles. The third kappa shape index (κ3) is 4.92. The largest absolute Gasteiger partial charge is 0.457 e. The number of nitrogens with zero attached hydrogens (tertiary/aromatic N) is 2. The first-order valence-electron chi connectivity index (χ1n) is 19.7. The van der Waals surface area contributed by atoms with Crippen LogP contribution >= 0.6 is 11.3 Å². The number of allylic oxidation sites excluding steroid dienone is 3. The minimum Gasteiger partial charge on any atom is -0.457 e. The maximum atomic E-state index is 6.73. The Morgan fingerprint density at radius 3 is 1.95 bits per heavy atom. The van der Waals surface area contributed by atoms with E-state index in [4.69, 9.17) is 14.7 Å². The molecule has 57 heavy (non-hydrogen) atoms. The maximum Gasteiger partial charge on any atom is 0.169 e. The first-order valence-corrected chi connectivity index (χ1v) is 20.5. The second-order valence-corrected chi connectivity index (χ2v) is 16.3. The van der Waals surface area contributed by atoms with Crippen LogP contribution in [0.3, 0.4) is 0 Å². The molecular weight excluding hydrogens is 715 g/mol. The number of ether oxygens (including phenoxy) is 1. The summed E-state index contributed by atoms with van der Waals surface area (Å²) in [5, 5.41) is 6.16. The molecule has 0 radical (unpaired) electrons. The molecular formula is C52H35N3OS. The summed E-state index contributed by atoms with van der Waals surface area (Å²) in [5.74, 6) is 3.52. The van der Waals surface area contributed by atoms with Crippen molar-refractivity contribution in [2.45, 2.75) is 24.4 Å². The van der Waals surface area contributed by atoms with Gasteiger partial charge in [0.25, 0.3) is 0 Å². The van der Waals surface area contributed by atoms with E-state index >= 15 is 0 Å². The molecule has 0 fully saturated rings. The van der Waals surface area contributed by atoms with Crippen molar-refractivity contribution in [1.82, 2.24) is 5.32 Å². The summed E-state index contributed by atoms with van der Waals surface area (Å²) >= 11 is 1.82. The van der Waals surface area contributed by atoms with Crippen LogP contribution in [-0.4, -0.2) is 11.7 Å². The fourth-order valence-electron chi connectivity index (χ4n) is 9.47. The van der Waals surface area contributed by atoms with E-state index in [9.17, 15) is 0 Å². The van der Waals surface area contributed by atoms with Crippen molar-refractivity contribution in [3.05, 3.63) is 221 Å². The normalized spacial score (nSPS) is 17.3. The summed E-state index contributed by atoms with van der Waals surface area (Å²) in [5.41, 5.74) is 12.6. The molecule has 2 aliphatic heterocycles. The van der Waals surface area contributed by atoms with Gasteiger partial charge in [-0.05, 0) is 82.1 Å². The third-order valence-corrected chi connectivity index (χ3v) is 13.2. The lowest BCUT2D eigenvalue weighted by atomic mass is 9.64. The van der Waals surface area contributed by atoms with Crippen LogP contribution in [0.1, 0.15) is 52.4 Å². The van der Waals surface area contributed by atoms with Gasteiger partial charge in [0.05, 0.1) is 5.41 Å². The van der Waals surface area contributed by atoms with Crippen molar-refractivity contribution in [3.63, 3.8) is 0 Å². The van der Waals surface area contributed by atoms with Crippen LogP contribution in [0.15, 0.2) is 197 Å². The van der Waals surface area contributed by atoms with E-state index in [1.165, 1.54) is 53.6 Å². The summed E-state index contributed by atoms with van der Waals surface area (Å²) in [6, 6.07) is 59.0. The van der Waals surface area contributed by atoms with Crippen LogP contribution in [0.25, 0.3) is 42.4 Å². The average molecular weight is 750 g/mol. The van der Waals surface area contributed by atoms with E-state index in [-0.39, 0.29) is 6.17 Å². The van der Waals surface area contributed by atoms with Gasteiger partial charge >= 0.3 is 0 Å². The Bertz CT molecular complexity index is 3030. The van der Waals surface area contributed by atoms with Crippen LogP contribution in [0, 0.1) is 0 Å². The first kappa shape index (κ1) is 32.4. The minimum absolute atomic E-state index is 0.382. The number of benzene rings is 7. The smallest absolute Gasteiger partial charge is 0.169 e. The monoisotopic (exact) mass is 749 g/mol. The van der Waals surface area contributed by atoms with Crippen LogP contribution in [0.5, 0.6) is 5.75 Å². The Kier molecular flexibility index (Phi) is 7.17. The van der Waals surface area contributed by atoms with Gasteiger partial charge in [-0.1, -0.05) is 146 Å². The molecule has 1 aromatic heterocycles. The molecule has 0 saturated heterocycles. The van der Waals surface area contributed by atoms with Crippen molar-refractivity contribution in [2.75, 3.05) is 0 Å². The molecule has 3 heterocycles. The van der Waals surface area contributed by atoms with Gasteiger partial charge < -0.3 is 10.1 Å². The van der Waals surface area contributed by atoms with E-state index < -0.39 is 5.41 Å². The molecule has 1 unspecified atom stereocenters. The predicted molar refractivity (Wildman–Crippen MR) is 234 cm³/mol. The van der Waals surface area contributed by atoms with Crippen LogP contribution in [-0.2, 0) is 5.41 Å². The number of hydrogen-bond donors (Lipinski definition) is 1. The molecule has 8 aromatic rings. The Morgan fingerprint density at radius 1 is 0.526 bits per heavy atom. The lowest BCUT2D eigenvalue weighted by molar-refractivity contribution is 0.383. The van der Waals surface area contributed by atoms with Crippen LogP contribution < -0.4 is 10.1 Å². The summed E-state index contributed by atoms with van der Waals surface area (Å²) < 4.78 is 9.27. The molecule has 270 valence electrons. The molecule has 0 saturated carbocycles. The zero-order chi connectivity index (χ0) is 37.5. The Balaban J connectivity index is 0.948. The molecule has 0 amide bonds. The lowest BCUT2D eigenvalue weighted by Crippen LogP contribution is -2.36. The van der Waals surface area contributed by atoms with Crippen molar-refractivity contribution < 1.29 is 4.74 Å². The second-order valence-electron chi connectivity index (χ2n) is 15.2. The van der Waals surface area contributed by atoms with Crippen molar-refractivity contribution in [2.24, 2.45) is 9.98 Å². The second kappa shape index (κ2) is 12.6. The number of nitrogens with one attached hydrogen (secondary N) is 1. The standard InChI is InChI=1S/C52H35N3OS/c1-2-12-33(13-3-1)49-53-50(55-51(54-49)36-26-28-40-39-16-6-11-21-47(39)57-48(40)31-36)34-24-22-32(23-25-34)35-27-29-46-44(30-35)52(43-19-9-10-20-45(43)56-46)41-17-7-4-14-37(41)38-15-5-8-18-42(38)52/h1-8,11-31,51H,9-10H2,(H,53,54,55). The van der Waals surface area contributed by atoms with Gasteiger partial charge in [-0.15, -0.1) is 11.3 Å². The summed E-state index contributed by atoms with van der Waals surface area (Å²) in [4.78, 5) is 10.4. The lowest BCUT2D eigenvalue weighted by Gasteiger charge is -2.42. The average Bonchev–Trinajstić information content (AvgIpc) is 3.80. The summed E-state index contributed by atoms with van der Waals surface area (Å²) in [6.07, 6.45) is 6.29. The molecule has 7 aromatic carbocycles. The Hall–Kier alpha value is -6.82. The first-order chi connectivity index (χ1) is 28.2. The number of amidine groups is 2. The molecule has 4 nitrogen and oxygen atoms in total. The molecule has 12 rings (SSSR count). The van der Waals surface area contributed by atoms with Gasteiger partial charge in [0.15, 0.2) is 6.17 Å². The van der Waals surface area contributed by atoms with Gasteiger partial charge in [0.1, 0.15) is 23.2 Å². The fraction of sp³-hybridized carbons (Fsp3) is 0.0769. The number of fused-ring (bicyclic) bond motifs is 12. The molecule has 5 heteroatoms. The van der Waals surface area contributed by atoms with Gasteiger partial charge in [0.2, 0.25) is 0 Å². The molecule has 1 spiro atoms. The van der Waals surface area contributed by atoms with E-state index in [1.54, 1.807) is 0 Å². The number of rotatable bonds is 4. The SMILES string of the molecule is C1=C2Oc3ccc(-c4ccc(C5=NC(c6ccc7c(c6)sc6ccccc67)N=C(c6ccccc6)N5)cc4)cc3C3(C2=CCC1)c1ccccc1-c1ccccc13. The van der Waals surface area contributed by atoms with E-state index in [0.29, 0.717) is 0 Å². The quantitative estimate of drug-likeness (QED) is 0.195. The summed E-state index contributed by atoms with van der Waals surface area (Å²) in [6.45, 7) is 0. The highest BCUT2D eigenvalue weighted by atomic mass is 32.1. The number of hydrogen-bond acceptors (Lipinski definition) is 5. The van der Waals surface area contributed by atoms with E-state index in [2.05, 4.69) is 175 Å². The van der Waals surface area contributed by atoms with Crippen LogP contribution in [0.2, 0.25) is 0 Å². The minimum atomic E-state index is -0.454. The van der Waals surface area contributed by atoms with Crippen LogP contribution in [0.4, 0.5) is 0 Å². The van der Waals surface area contributed by atoms with E-state index in [1.807, 2.05) is 17.4 Å². The van der Waals surface area contributed by atoms with Gasteiger partial charge in [-0.3, -0.25) is 0 Å². The van der Waals surface area contributed by atoms with Crippen molar-refractivity contribution in [3.8, 4) is 28.0 Å². The number of aliphatic imine (C=N–C) groups is 2. The molecule has 4 aliphatic rings. The Morgan fingerprint density at radius 2 is 1.16 bits per heavy atom. The molecule has 1 atom stereocenters. The molecule has 1 N–H and O–H groups in total. The Labute approximate surface area is 334 Å². The summed E-state index contributed by atoms with van der Waals surface area (Å²) in [7, 11) is 0. The fourth-order valence-corrected chi connectivity index (χ4v) is 10.6. The van der Waals surface area contributed by atoms with Crippen molar-refractivity contribution in [1.29, 1.82) is 0 Å². The zero-order valence-corrected chi connectivity index (χ0v) is 31.8. The van der Waals surface area contributed by atoms with Gasteiger partial charge in [0, 0.05) is 42.4 Å². The topological polar surface area (TPSA) is 46.0 Å². The predicted octanol–water partition coefficient (Wildman–Crippen LogP) is 12.5. The molecule has 0 bridgehead atoms. The highest BCUT2D eigenvalue weighted by molar-refractivity contribution is 7.25. The maximum absolute atomic E-state index is 6.73. The number of thiophene rings is 1. The van der Waals surface area contributed by atoms with Crippen molar-refractivity contribution >= 4 is 43.2 Å². The van der Waals surface area contributed by atoms with Gasteiger partial charge in [-0.2, -0.15) is 0 Å². The highest BCUT2D eigenvalue weighted by Gasteiger charge is 2.52.